The molecule has 0 heterocycles. The van der Waals surface area contributed by atoms with E-state index in [-0.39, 0.29) is 11.8 Å². The van der Waals surface area contributed by atoms with Crippen LogP contribution in [0.25, 0.3) is 0 Å². The van der Waals surface area contributed by atoms with Gasteiger partial charge in [-0.15, -0.1) is 0 Å². The summed E-state index contributed by atoms with van der Waals surface area (Å²) in [6, 6.07) is 6.42. The highest BCUT2D eigenvalue weighted by Crippen LogP contribution is 2.44. The normalized spacial score (nSPS) is 18.8. The SMILES string of the molecule is CC1(C)CC(=O)C(C)(C)c2ccc(CCCCC(=O)O)cc21. The highest BCUT2D eigenvalue weighted by molar-refractivity contribution is 5.93. The predicted molar refractivity (Wildman–Crippen MR) is 87.3 cm³/mol. The Labute approximate surface area is 132 Å². The van der Waals surface area contributed by atoms with Crippen LogP contribution in [0.1, 0.15) is 70.1 Å². The zero-order valence-corrected chi connectivity index (χ0v) is 14.0. The van der Waals surface area contributed by atoms with Crippen LogP contribution in [0.5, 0.6) is 0 Å². The molecule has 0 spiro atoms. The first-order valence-electron chi connectivity index (χ1n) is 8.03. The highest BCUT2D eigenvalue weighted by Gasteiger charge is 2.43. The predicted octanol–water partition coefficient (Wildman–Crippen LogP) is 4.01. The summed E-state index contributed by atoms with van der Waals surface area (Å²) in [4.78, 5) is 23.0. The largest absolute Gasteiger partial charge is 0.481 e. The third kappa shape index (κ3) is 3.23. The molecule has 0 aliphatic heterocycles. The van der Waals surface area contributed by atoms with Crippen molar-refractivity contribution in [2.45, 2.75) is 70.6 Å². The summed E-state index contributed by atoms with van der Waals surface area (Å²) in [5.74, 6) is -0.425. The van der Waals surface area contributed by atoms with E-state index < -0.39 is 11.4 Å². The minimum absolute atomic E-state index is 0.126. The van der Waals surface area contributed by atoms with E-state index in [0.29, 0.717) is 18.6 Å². The Morgan fingerprint density at radius 2 is 1.82 bits per heavy atom. The summed E-state index contributed by atoms with van der Waals surface area (Å²) in [6.45, 7) is 8.28. The number of fused-ring (bicyclic) bond motifs is 1. The van der Waals surface area contributed by atoms with Crippen LogP contribution in [0.3, 0.4) is 0 Å². The van der Waals surface area contributed by atoms with E-state index in [0.717, 1.165) is 18.4 Å². The molecule has 0 saturated carbocycles. The van der Waals surface area contributed by atoms with E-state index in [4.69, 9.17) is 5.11 Å². The number of aliphatic carboxylic acids is 1. The fourth-order valence-electron chi connectivity index (χ4n) is 3.32. The van der Waals surface area contributed by atoms with Gasteiger partial charge in [-0.3, -0.25) is 9.59 Å². The number of rotatable bonds is 5. The van der Waals surface area contributed by atoms with Gasteiger partial charge in [-0.2, -0.15) is 0 Å². The standard InChI is InChI=1S/C19H26O3/c1-18(2)12-16(20)19(3,4)14-10-9-13(11-15(14)18)7-5-6-8-17(21)22/h9-11H,5-8,12H2,1-4H3,(H,21,22). The maximum atomic E-state index is 12.4. The number of aryl methyl sites for hydroxylation is 1. The smallest absolute Gasteiger partial charge is 0.303 e. The van der Waals surface area contributed by atoms with Crippen LogP contribution in [-0.4, -0.2) is 16.9 Å². The molecule has 0 bridgehead atoms. The lowest BCUT2D eigenvalue weighted by Gasteiger charge is -2.40. The molecule has 2 rings (SSSR count). The van der Waals surface area contributed by atoms with Gasteiger partial charge in [0.25, 0.3) is 0 Å². The van der Waals surface area contributed by atoms with Gasteiger partial charge < -0.3 is 5.11 Å². The van der Waals surface area contributed by atoms with Crippen LogP contribution in [0.15, 0.2) is 18.2 Å². The van der Waals surface area contributed by atoms with Crippen molar-refractivity contribution >= 4 is 11.8 Å². The van der Waals surface area contributed by atoms with Gasteiger partial charge in [0.2, 0.25) is 0 Å². The second-order valence-electron chi connectivity index (χ2n) is 7.59. The number of carbonyl (C=O) groups is 2. The number of hydrogen-bond donors (Lipinski definition) is 1. The van der Waals surface area contributed by atoms with E-state index in [1.54, 1.807) is 0 Å². The molecule has 0 amide bonds. The summed E-state index contributed by atoms with van der Waals surface area (Å²) in [5.41, 5.74) is 3.12. The molecule has 3 heteroatoms. The average molecular weight is 302 g/mol. The van der Waals surface area contributed by atoms with Gasteiger partial charge in [-0.1, -0.05) is 32.0 Å². The molecular formula is C19H26O3. The summed E-state index contributed by atoms with van der Waals surface area (Å²) < 4.78 is 0. The molecule has 0 fully saturated rings. The Morgan fingerprint density at radius 1 is 1.14 bits per heavy atom. The minimum atomic E-state index is -0.730. The molecular weight excluding hydrogens is 276 g/mol. The first-order valence-corrected chi connectivity index (χ1v) is 8.03. The molecule has 0 saturated heterocycles. The quantitative estimate of drug-likeness (QED) is 0.836. The second-order valence-corrected chi connectivity index (χ2v) is 7.59. The van der Waals surface area contributed by atoms with Crippen molar-refractivity contribution in [1.82, 2.24) is 0 Å². The van der Waals surface area contributed by atoms with Crippen LogP contribution in [0.4, 0.5) is 0 Å². The molecule has 1 aromatic rings. The highest BCUT2D eigenvalue weighted by atomic mass is 16.4. The zero-order chi connectivity index (χ0) is 16.5. The Kier molecular flexibility index (Phi) is 4.46. The second kappa shape index (κ2) is 5.86. The molecule has 0 unspecified atom stereocenters. The molecule has 0 atom stereocenters. The third-order valence-corrected chi connectivity index (χ3v) is 4.89. The van der Waals surface area contributed by atoms with Crippen LogP contribution < -0.4 is 0 Å². The lowest BCUT2D eigenvalue weighted by molar-refractivity contribution is -0.137. The lowest BCUT2D eigenvalue weighted by atomic mass is 9.62. The Bertz CT molecular complexity index is 597. The fraction of sp³-hybridized carbons (Fsp3) is 0.579. The first kappa shape index (κ1) is 16.7. The topological polar surface area (TPSA) is 54.4 Å². The van der Waals surface area contributed by atoms with Crippen molar-refractivity contribution in [2.75, 3.05) is 0 Å². The maximum Gasteiger partial charge on any atom is 0.303 e. The number of hydrogen-bond acceptors (Lipinski definition) is 2. The van der Waals surface area contributed by atoms with Crippen molar-refractivity contribution in [3.8, 4) is 0 Å². The van der Waals surface area contributed by atoms with E-state index in [1.165, 1.54) is 11.1 Å². The van der Waals surface area contributed by atoms with Crippen molar-refractivity contribution < 1.29 is 14.7 Å². The van der Waals surface area contributed by atoms with Gasteiger partial charge in [-0.05, 0) is 55.2 Å². The lowest BCUT2D eigenvalue weighted by Crippen LogP contribution is -2.42. The monoisotopic (exact) mass is 302 g/mol. The molecule has 0 aromatic heterocycles. The number of Topliss-reactive ketones (excluding diaryl/α,β-unsaturated/α-hetero) is 1. The maximum absolute atomic E-state index is 12.4. The van der Waals surface area contributed by atoms with E-state index in [9.17, 15) is 9.59 Å². The van der Waals surface area contributed by atoms with Gasteiger partial charge in [0.05, 0.1) is 0 Å². The summed E-state index contributed by atoms with van der Waals surface area (Å²) in [5, 5.41) is 8.69. The third-order valence-electron chi connectivity index (χ3n) is 4.89. The van der Waals surface area contributed by atoms with E-state index >= 15 is 0 Å². The molecule has 1 aromatic carbocycles. The van der Waals surface area contributed by atoms with Gasteiger partial charge in [0, 0.05) is 18.3 Å². The summed E-state index contributed by atoms with van der Waals surface area (Å²) in [6.07, 6.45) is 3.30. The number of benzene rings is 1. The van der Waals surface area contributed by atoms with Crippen molar-refractivity contribution in [1.29, 1.82) is 0 Å². The average Bonchev–Trinajstić information content (AvgIpc) is 2.41. The number of carboxylic acids is 1. The zero-order valence-electron chi connectivity index (χ0n) is 14.0. The van der Waals surface area contributed by atoms with Crippen molar-refractivity contribution in [3.63, 3.8) is 0 Å². The Morgan fingerprint density at radius 3 is 2.45 bits per heavy atom. The first-order chi connectivity index (χ1) is 10.1. The Hall–Kier alpha value is -1.64. The molecule has 0 radical (unpaired) electrons. The molecule has 1 aliphatic carbocycles. The molecule has 22 heavy (non-hydrogen) atoms. The molecule has 1 N–H and O–H groups in total. The van der Waals surface area contributed by atoms with E-state index in [2.05, 4.69) is 32.0 Å². The molecule has 1 aliphatic rings. The Balaban J connectivity index is 2.22. The molecule has 3 nitrogen and oxygen atoms in total. The van der Waals surface area contributed by atoms with Gasteiger partial charge in [0.1, 0.15) is 5.78 Å². The van der Waals surface area contributed by atoms with Crippen LogP contribution in [0.2, 0.25) is 0 Å². The van der Waals surface area contributed by atoms with Gasteiger partial charge in [-0.25, -0.2) is 0 Å². The van der Waals surface area contributed by atoms with Gasteiger partial charge in [0.15, 0.2) is 0 Å². The van der Waals surface area contributed by atoms with Crippen molar-refractivity contribution in [2.24, 2.45) is 0 Å². The van der Waals surface area contributed by atoms with Crippen LogP contribution in [0, 0.1) is 0 Å². The van der Waals surface area contributed by atoms with Crippen molar-refractivity contribution in [3.05, 3.63) is 34.9 Å². The fourth-order valence-corrected chi connectivity index (χ4v) is 3.32. The number of carboxylic acid groups (broad SMARTS) is 1. The van der Waals surface area contributed by atoms with E-state index in [1.807, 2.05) is 13.8 Å². The summed E-state index contributed by atoms with van der Waals surface area (Å²) in [7, 11) is 0. The summed E-state index contributed by atoms with van der Waals surface area (Å²) >= 11 is 0. The minimum Gasteiger partial charge on any atom is -0.481 e. The van der Waals surface area contributed by atoms with Gasteiger partial charge >= 0.3 is 5.97 Å². The van der Waals surface area contributed by atoms with Crippen LogP contribution >= 0.6 is 0 Å². The van der Waals surface area contributed by atoms with Crippen LogP contribution in [-0.2, 0) is 26.8 Å². The molecule has 120 valence electrons. The number of unbranched alkanes of at least 4 members (excludes halogenated alkanes) is 1. The number of ketones is 1. The number of carbonyl (C=O) groups excluding carboxylic acids is 1.